The van der Waals surface area contributed by atoms with Crippen LogP contribution in [0.5, 0.6) is 0 Å². The van der Waals surface area contributed by atoms with E-state index in [-0.39, 0.29) is 5.41 Å². The standard InChI is InChI=1S/C15H24O/c1-3-4-5-7-10-15-11-8-6-9-13(15)12(2)14(15)16/h6,9,12-13H,3-5,7-8,10-11H2,1-2H3. The molecule has 0 amide bonds. The highest BCUT2D eigenvalue weighted by Crippen LogP contribution is 2.56. The number of hydrogen-bond donors (Lipinski definition) is 0. The smallest absolute Gasteiger partial charge is 0.143 e. The van der Waals surface area contributed by atoms with E-state index in [1.165, 1.54) is 25.7 Å². The molecule has 0 spiro atoms. The lowest BCUT2D eigenvalue weighted by molar-refractivity contribution is -0.154. The lowest BCUT2D eigenvalue weighted by Crippen LogP contribution is -2.56. The van der Waals surface area contributed by atoms with Gasteiger partial charge in [-0.25, -0.2) is 0 Å². The molecule has 2 rings (SSSR count). The molecular formula is C15H24O. The average molecular weight is 220 g/mol. The minimum Gasteiger partial charge on any atom is -0.299 e. The average Bonchev–Trinajstić information content (AvgIpc) is 2.33. The van der Waals surface area contributed by atoms with Crippen molar-refractivity contribution in [1.82, 2.24) is 0 Å². The molecule has 0 N–H and O–H groups in total. The fraction of sp³-hybridized carbons (Fsp3) is 0.800. The molecule has 3 unspecified atom stereocenters. The summed E-state index contributed by atoms with van der Waals surface area (Å²) in [5.74, 6) is 1.41. The Morgan fingerprint density at radius 2 is 2.19 bits per heavy atom. The van der Waals surface area contributed by atoms with Crippen molar-refractivity contribution in [3.8, 4) is 0 Å². The van der Waals surface area contributed by atoms with E-state index in [1.54, 1.807) is 0 Å². The molecule has 1 saturated carbocycles. The first-order chi connectivity index (χ1) is 7.72. The summed E-state index contributed by atoms with van der Waals surface area (Å²) >= 11 is 0. The molecule has 16 heavy (non-hydrogen) atoms. The zero-order chi connectivity index (χ0) is 11.6. The largest absolute Gasteiger partial charge is 0.299 e. The fourth-order valence-corrected chi connectivity index (χ4v) is 3.67. The summed E-state index contributed by atoms with van der Waals surface area (Å²) in [6.45, 7) is 4.34. The third-order valence-electron chi connectivity index (χ3n) is 4.66. The molecule has 0 bridgehead atoms. The zero-order valence-electron chi connectivity index (χ0n) is 10.7. The van der Waals surface area contributed by atoms with Crippen LogP contribution in [0.15, 0.2) is 12.2 Å². The maximum atomic E-state index is 12.1. The van der Waals surface area contributed by atoms with Crippen LogP contribution in [0.2, 0.25) is 0 Å². The van der Waals surface area contributed by atoms with E-state index in [1.807, 2.05) is 0 Å². The van der Waals surface area contributed by atoms with Gasteiger partial charge in [-0.3, -0.25) is 4.79 Å². The molecule has 0 aromatic carbocycles. The maximum Gasteiger partial charge on any atom is 0.143 e. The molecule has 0 saturated heterocycles. The van der Waals surface area contributed by atoms with Crippen LogP contribution in [0.3, 0.4) is 0 Å². The minimum atomic E-state index is 0.0713. The lowest BCUT2D eigenvalue weighted by Gasteiger charge is -2.53. The Labute approximate surface area is 99.3 Å². The minimum absolute atomic E-state index is 0.0713. The fourth-order valence-electron chi connectivity index (χ4n) is 3.67. The van der Waals surface area contributed by atoms with Gasteiger partial charge in [-0.15, -0.1) is 0 Å². The number of Topliss-reactive ketones (excluding diaryl/α,β-unsaturated/α-hetero) is 1. The molecule has 0 radical (unpaired) electrons. The van der Waals surface area contributed by atoms with E-state index < -0.39 is 0 Å². The van der Waals surface area contributed by atoms with Crippen LogP contribution in [0.25, 0.3) is 0 Å². The monoisotopic (exact) mass is 220 g/mol. The van der Waals surface area contributed by atoms with Crippen LogP contribution in [0, 0.1) is 17.3 Å². The number of hydrogen-bond acceptors (Lipinski definition) is 1. The van der Waals surface area contributed by atoms with Crippen molar-refractivity contribution in [2.45, 2.75) is 58.8 Å². The predicted octanol–water partition coefficient (Wildman–Crippen LogP) is 4.13. The van der Waals surface area contributed by atoms with E-state index >= 15 is 0 Å². The van der Waals surface area contributed by atoms with Gasteiger partial charge in [0.25, 0.3) is 0 Å². The lowest BCUT2D eigenvalue weighted by atomic mass is 9.48. The number of rotatable bonds is 5. The second-order valence-electron chi connectivity index (χ2n) is 5.61. The van der Waals surface area contributed by atoms with Crippen molar-refractivity contribution < 1.29 is 4.79 Å². The van der Waals surface area contributed by atoms with E-state index in [2.05, 4.69) is 26.0 Å². The van der Waals surface area contributed by atoms with Gasteiger partial charge in [0.15, 0.2) is 0 Å². The number of carbonyl (C=O) groups excluding carboxylic acids is 1. The van der Waals surface area contributed by atoms with E-state index in [9.17, 15) is 4.79 Å². The molecule has 2 aliphatic carbocycles. The molecule has 0 aromatic heterocycles. The third kappa shape index (κ3) is 1.74. The van der Waals surface area contributed by atoms with Crippen LogP contribution in [-0.4, -0.2) is 5.78 Å². The van der Waals surface area contributed by atoms with Crippen LogP contribution >= 0.6 is 0 Å². The first kappa shape index (κ1) is 11.9. The maximum absolute atomic E-state index is 12.1. The summed E-state index contributed by atoms with van der Waals surface area (Å²) in [4.78, 5) is 12.1. The first-order valence-electron chi connectivity index (χ1n) is 6.93. The molecule has 0 aliphatic heterocycles. The summed E-state index contributed by atoms with van der Waals surface area (Å²) in [6.07, 6.45) is 13.1. The third-order valence-corrected chi connectivity index (χ3v) is 4.66. The van der Waals surface area contributed by atoms with Crippen LogP contribution in [0.1, 0.15) is 58.8 Å². The van der Waals surface area contributed by atoms with E-state index in [0.29, 0.717) is 17.6 Å². The summed E-state index contributed by atoms with van der Waals surface area (Å²) < 4.78 is 0. The van der Waals surface area contributed by atoms with Gasteiger partial charge >= 0.3 is 0 Å². The van der Waals surface area contributed by atoms with Gasteiger partial charge in [-0.1, -0.05) is 51.7 Å². The van der Waals surface area contributed by atoms with Gasteiger partial charge in [-0.05, 0) is 25.2 Å². The normalized spacial score (nSPS) is 37.0. The van der Waals surface area contributed by atoms with E-state index in [0.717, 1.165) is 19.3 Å². The van der Waals surface area contributed by atoms with Crippen molar-refractivity contribution in [3.05, 3.63) is 12.2 Å². The molecule has 2 aliphatic rings. The number of fused-ring (bicyclic) bond motifs is 1. The van der Waals surface area contributed by atoms with Crippen molar-refractivity contribution in [2.75, 3.05) is 0 Å². The predicted molar refractivity (Wildman–Crippen MR) is 67.2 cm³/mol. The summed E-state index contributed by atoms with van der Waals surface area (Å²) in [7, 11) is 0. The number of allylic oxidation sites excluding steroid dienone is 2. The van der Waals surface area contributed by atoms with Crippen molar-refractivity contribution >= 4 is 5.78 Å². The Hall–Kier alpha value is -0.590. The molecule has 0 aromatic rings. The number of unbranched alkanes of at least 4 members (excludes halogenated alkanes) is 3. The Morgan fingerprint density at radius 3 is 2.94 bits per heavy atom. The van der Waals surface area contributed by atoms with Crippen LogP contribution in [-0.2, 0) is 4.79 Å². The van der Waals surface area contributed by atoms with Gasteiger partial charge in [0, 0.05) is 11.3 Å². The van der Waals surface area contributed by atoms with Crippen molar-refractivity contribution in [2.24, 2.45) is 17.3 Å². The highest BCUT2D eigenvalue weighted by Gasteiger charge is 2.57. The molecule has 0 heterocycles. The Balaban J connectivity index is 1.94. The van der Waals surface area contributed by atoms with Crippen molar-refractivity contribution in [3.63, 3.8) is 0 Å². The second kappa shape index (κ2) is 4.73. The van der Waals surface area contributed by atoms with Crippen LogP contribution < -0.4 is 0 Å². The van der Waals surface area contributed by atoms with Gasteiger partial charge in [-0.2, -0.15) is 0 Å². The number of carbonyl (C=O) groups is 1. The summed E-state index contributed by atoms with van der Waals surface area (Å²) in [6, 6.07) is 0. The molecule has 90 valence electrons. The topological polar surface area (TPSA) is 17.1 Å². The SMILES string of the molecule is CCCCCCC12CCC=CC1C(C)C2=O. The summed E-state index contributed by atoms with van der Waals surface area (Å²) in [5, 5.41) is 0. The van der Waals surface area contributed by atoms with Crippen LogP contribution in [0.4, 0.5) is 0 Å². The van der Waals surface area contributed by atoms with Gasteiger partial charge in [0.05, 0.1) is 0 Å². The quantitative estimate of drug-likeness (QED) is 0.503. The van der Waals surface area contributed by atoms with Crippen molar-refractivity contribution in [1.29, 1.82) is 0 Å². The highest BCUT2D eigenvalue weighted by molar-refractivity contribution is 5.94. The number of ketones is 1. The molecule has 1 heteroatoms. The molecular weight excluding hydrogens is 196 g/mol. The highest BCUT2D eigenvalue weighted by atomic mass is 16.1. The molecule has 1 nitrogen and oxygen atoms in total. The van der Waals surface area contributed by atoms with Gasteiger partial charge in [0.1, 0.15) is 5.78 Å². The molecule has 1 fully saturated rings. The summed E-state index contributed by atoms with van der Waals surface area (Å²) in [5.41, 5.74) is 0.0713. The first-order valence-corrected chi connectivity index (χ1v) is 6.93. The Bertz CT molecular complexity index is 292. The molecule has 3 atom stereocenters. The zero-order valence-corrected chi connectivity index (χ0v) is 10.7. The Morgan fingerprint density at radius 1 is 1.38 bits per heavy atom. The second-order valence-corrected chi connectivity index (χ2v) is 5.61. The Kier molecular flexibility index (Phi) is 3.51. The van der Waals surface area contributed by atoms with E-state index in [4.69, 9.17) is 0 Å². The van der Waals surface area contributed by atoms with Gasteiger partial charge in [0.2, 0.25) is 0 Å². The van der Waals surface area contributed by atoms with Gasteiger partial charge < -0.3 is 0 Å².